The van der Waals surface area contributed by atoms with E-state index in [9.17, 15) is 4.79 Å². The monoisotopic (exact) mass is 186 g/mol. The molecule has 0 aromatic rings. The second-order valence-electron chi connectivity index (χ2n) is 3.74. The molecule has 0 rings (SSSR count). The molecule has 78 valence electrons. The minimum Gasteiger partial charge on any atom is -0.294 e. The van der Waals surface area contributed by atoms with Crippen LogP contribution in [-0.2, 0) is 4.79 Å². The number of carbonyl (C=O) groups excluding carboxylic acids is 1. The third-order valence-corrected chi connectivity index (χ3v) is 2.53. The average Bonchev–Trinajstić information content (AvgIpc) is 2.15. The van der Waals surface area contributed by atoms with Crippen molar-refractivity contribution in [1.29, 1.82) is 0 Å². The molecule has 13 heavy (non-hydrogen) atoms. The van der Waals surface area contributed by atoms with Crippen LogP contribution in [-0.4, -0.2) is 5.91 Å². The first-order chi connectivity index (χ1) is 6.15. The number of rotatable bonds is 6. The maximum atomic E-state index is 11.3. The molecule has 2 atom stereocenters. The predicted molar refractivity (Wildman–Crippen MR) is 54.8 cm³/mol. The maximum Gasteiger partial charge on any atom is 0.236 e. The fraction of sp³-hybridized carbons (Fsp3) is 0.900. The van der Waals surface area contributed by atoms with E-state index in [1.54, 1.807) is 0 Å². The van der Waals surface area contributed by atoms with Crippen LogP contribution in [0, 0.1) is 11.8 Å². The number of carbonyl (C=O) groups is 1. The van der Waals surface area contributed by atoms with Crippen molar-refractivity contribution < 1.29 is 4.79 Å². The molecule has 1 unspecified atom stereocenters. The Bertz CT molecular complexity index is 148. The first-order valence-corrected chi connectivity index (χ1v) is 5.16. The van der Waals surface area contributed by atoms with Gasteiger partial charge in [0, 0.05) is 5.92 Å². The molecule has 0 spiro atoms. The first-order valence-electron chi connectivity index (χ1n) is 5.16. The van der Waals surface area contributed by atoms with Crippen LogP contribution in [0.4, 0.5) is 0 Å². The summed E-state index contributed by atoms with van der Waals surface area (Å²) >= 11 is 0. The summed E-state index contributed by atoms with van der Waals surface area (Å²) in [5.74, 6) is 5.82. The normalized spacial score (nSPS) is 15.1. The summed E-state index contributed by atoms with van der Waals surface area (Å²) in [6.45, 7) is 6.41. The van der Waals surface area contributed by atoms with Crippen molar-refractivity contribution in [2.75, 3.05) is 0 Å². The third-order valence-electron chi connectivity index (χ3n) is 2.53. The summed E-state index contributed by atoms with van der Waals surface area (Å²) in [5, 5.41) is 0. The summed E-state index contributed by atoms with van der Waals surface area (Å²) in [4.78, 5) is 11.3. The van der Waals surface area contributed by atoms with Gasteiger partial charge in [-0.1, -0.05) is 33.6 Å². The lowest BCUT2D eigenvalue weighted by Gasteiger charge is -2.17. The van der Waals surface area contributed by atoms with Gasteiger partial charge in [-0.15, -0.1) is 0 Å². The van der Waals surface area contributed by atoms with E-state index < -0.39 is 0 Å². The van der Waals surface area contributed by atoms with E-state index >= 15 is 0 Å². The topological polar surface area (TPSA) is 55.1 Å². The summed E-state index contributed by atoms with van der Waals surface area (Å²) in [6.07, 6.45) is 4.05. The molecule has 0 aliphatic carbocycles. The van der Waals surface area contributed by atoms with Crippen molar-refractivity contribution in [3.05, 3.63) is 0 Å². The van der Waals surface area contributed by atoms with Gasteiger partial charge in [0.05, 0.1) is 0 Å². The molecule has 0 heterocycles. The number of hydrazine groups is 1. The lowest BCUT2D eigenvalue weighted by atomic mass is 9.90. The summed E-state index contributed by atoms with van der Waals surface area (Å²) < 4.78 is 0. The van der Waals surface area contributed by atoms with Crippen LogP contribution in [0.25, 0.3) is 0 Å². The van der Waals surface area contributed by atoms with Crippen molar-refractivity contribution in [2.24, 2.45) is 17.7 Å². The van der Waals surface area contributed by atoms with Gasteiger partial charge in [-0.3, -0.25) is 10.2 Å². The Morgan fingerprint density at radius 3 is 2.46 bits per heavy atom. The Labute approximate surface area is 81.0 Å². The lowest BCUT2D eigenvalue weighted by molar-refractivity contribution is -0.125. The Morgan fingerprint density at radius 2 is 2.08 bits per heavy atom. The van der Waals surface area contributed by atoms with Crippen LogP contribution in [0.15, 0.2) is 0 Å². The van der Waals surface area contributed by atoms with E-state index in [1.165, 1.54) is 0 Å². The predicted octanol–water partition coefficient (Wildman–Crippen LogP) is 1.83. The van der Waals surface area contributed by atoms with Gasteiger partial charge in [0.25, 0.3) is 0 Å². The summed E-state index contributed by atoms with van der Waals surface area (Å²) in [5.41, 5.74) is 2.24. The van der Waals surface area contributed by atoms with Gasteiger partial charge < -0.3 is 0 Å². The van der Waals surface area contributed by atoms with Crippen LogP contribution in [0.1, 0.15) is 46.5 Å². The second-order valence-corrected chi connectivity index (χ2v) is 3.74. The van der Waals surface area contributed by atoms with Gasteiger partial charge in [-0.05, 0) is 18.8 Å². The smallest absolute Gasteiger partial charge is 0.236 e. The molecule has 0 aromatic carbocycles. The molecule has 0 aromatic heterocycles. The quantitative estimate of drug-likeness (QED) is 0.378. The van der Waals surface area contributed by atoms with Crippen molar-refractivity contribution >= 4 is 5.91 Å². The molecular formula is C10H22N2O. The van der Waals surface area contributed by atoms with E-state index in [0.29, 0.717) is 5.92 Å². The maximum absolute atomic E-state index is 11.3. The Balaban J connectivity index is 4.00. The highest BCUT2D eigenvalue weighted by Crippen LogP contribution is 2.19. The highest BCUT2D eigenvalue weighted by atomic mass is 16.2. The van der Waals surface area contributed by atoms with Crippen LogP contribution in [0.3, 0.4) is 0 Å². The van der Waals surface area contributed by atoms with Crippen LogP contribution >= 0.6 is 0 Å². The zero-order chi connectivity index (χ0) is 10.3. The number of hydrogen-bond donors (Lipinski definition) is 2. The highest BCUT2D eigenvalue weighted by molar-refractivity contribution is 5.77. The van der Waals surface area contributed by atoms with Crippen molar-refractivity contribution in [3.63, 3.8) is 0 Å². The number of nitrogens with one attached hydrogen (secondary N) is 1. The van der Waals surface area contributed by atoms with Gasteiger partial charge in [0.1, 0.15) is 0 Å². The van der Waals surface area contributed by atoms with Crippen LogP contribution in [0.2, 0.25) is 0 Å². The van der Waals surface area contributed by atoms with Gasteiger partial charge >= 0.3 is 0 Å². The van der Waals surface area contributed by atoms with E-state index in [-0.39, 0.29) is 11.8 Å². The van der Waals surface area contributed by atoms with E-state index in [1.807, 2.05) is 0 Å². The Kier molecular flexibility index (Phi) is 6.59. The third kappa shape index (κ3) is 4.88. The standard InChI is InChI=1S/C10H22N2O/c1-4-6-9(10(13)12-11)7-8(3)5-2/h8-9H,4-7,11H2,1-3H3,(H,12,13)/t8-,9?/m0/s1. The fourth-order valence-electron chi connectivity index (χ4n) is 1.47. The SMILES string of the molecule is CCCC(C[C@@H](C)CC)C(=O)NN. The van der Waals surface area contributed by atoms with E-state index in [2.05, 4.69) is 26.2 Å². The summed E-state index contributed by atoms with van der Waals surface area (Å²) in [6, 6.07) is 0. The van der Waals surface area contributed by atoms with Gasteiger partial charge in [-0.25, -0.2) is 5.84 Å². The largest absolute Gasteiger partial charge is 0.294 e. The zero-order valence-corrected chi connectivity index (χ0v) is 8.97. The number of amides is 1. The van der Waals surface area contributed by atoms with Crippen LogP contribution in [0.5, 0.6) is 0 Å². The van der Waals surface area contributed by atoms with Crippen molar-refractivity contribution in [2.45, 2.75) is 46.5 Å². The van der Waals surface area contributed by atoms with E-state index in [0.717, 1.165) is 25.7 Å². The molecule has 3 N–H and O–H groups in total. The zero-order valence-electron chi connectivity index (χ0n) is 8.97. The molecule has 0 saturated heterocycles. The number of hydrogen-bond acceptors (Lipinski definition) is 2. The Hall–Kier alpha value is -0.570. The molecule has 0 fully saturated rings. The van der Waals surface area contributed by atoms with Gasteiger partial charge in [-0.2, -0.15) is 0 Å². The van der Waals surface area contributed by atoms with Crippen molar-refractivity contribution in [3.8, 4) is 0 Å². The lowest BCUT2D eigenvalue weighted by Crippen LogP contribution is -2.36. The van der Waals surface area contributed by atoms with E-state index in [4.69, 9.17) is 5.84 Å². The molecule has 0 aliphatic heterocycles. The molecule has 0 radical (unpaired) electrons. The molecule has 3 heteroatoms. The average molecular weight is 186 g/mol. The Morgan fingerprint density at radius 1 is 1.46 bits per heavy atom. The molecule has 0 bridgehead atoms. The molecule has 1 amide bonds. The second kappa shape index (κ2) is 6.89. The molecular weight excluding hydrogens is 164 g/mol. The summed E-state index contributed by atoms with van der Waals surface area (Å²) in [7, 11) is 0. The minimum absolute atomic E-state index is 0.0119. The number of nitrogens with two attached hydrogens (primary N) is 1. The van der Waals surface area contributed by atoms with Gasteiger partial charge in [0.2, 0.25) is 5.91 Å². The minimum atomic E-state index is -0.0119. The fourth-order valence-corrected chi connectivity index (χ4v) is 1.47. The van der Waals surface area contributed by atoms with Gasteiger partial charge in [0.15, 0.2) is 0 Å². The van der Waals surface area contributed by atoms with Crippen molar-refractivity contribution in [1.82, 2.24) is 5.43 Å². The molecule has 0 saturated carbocycles. The molecule has 3 nitrogen and oxygen atoms in total. The highest BCUT2D eigenvalue weighted by Gasteiger charge is 2.18. The first kappa shape index (κ1) is 12.4. The molecule has 0 aliphatic rings. The van der Waals surface area contributed by atoms with Crippen LogP contribution < -0.4 is 11.3 Å².